The van der Waals surface area contributed by atoms with Crippen LogP contribution in [0.25, 0.3) is 0 Å². The second kappa shape index (κ2) is 11.9. The number of benzene rings is 4. The molecule has 2 N–H and O–H groups in total. The van der Waals surface area contributed by atoms with Gasteiger partial charge in [-0.2, -0.15) is 5.26 Å². The van der Waals surface area contributed by atoms with Gasteiger partial charge in [0.15, 0.2) is 0 Å². The van der Waals surface area contributed by atoms with E-state index in [1.165, 1.54) is 12.1 Å². The van der Waals surface area contributed by atoms with Gasteiger partial charge in [-0.3, -0.25) is 0 Å². The van der Waals surface area contributed by atoms with E-state index < -0.39 is 12.1 Å². The van der Waals surface area contributed by atoms with Gasteiger partial charge < -0.3 is 24.6 Å². The number of amides is 1. The SMILES string of the molecule is N#Cc1ccc(Oc2cc(Oc3ccc(CNC(=O)OCc4ccccc4)cc3)cc(C(=O)O)c2)cc1. The van der Waals surface area contributed by atoms with Crippen LogP contribution in [0.2, 0.25) is 0 Å². The molecule has 4 aromatic carbocycles. The molecule has 0 aliphatic carbocycles. The molecule has 8 heteroatoms. The predicted molar refractivity (Wildman–Crippen MR) is 135 cm³/mol. The highest BCUT2D eigenvalue weighted by molar-refractivity contribution is 5.88. The number of nitrogens with zero attached hydrogens (tertiary/aromatic N) is 1. The summed E-state index contributed by atoms with van der Waals surface area (Å²) >= 11 is 0. The van der Waals surface area contributed by atoms with Crippen LogP contribution >= 0.6 is 0 Å². The molecule has 0 aromatic heterocycles. The molecule has 0 aliphatic rings. The normalized spacial score (nSPS) is 10.1. The van der Waals surface area contributed by atoms with Crippen molar-refractivity contribution in [2.24, 2.45) is 0 Å². The van der Waals surface area contributed by atoms with Crippen molar-refractivity contribution in [1.29, 1.82) is 5.26 Å². The minimum atomic E-state index is -1.13. The van der Waals surface area contributed by atoms with Crippen LogP contribution < -0.4 is 14.8 Å². The van der Waals surface area contributed by atoms with Gasteiger partial charge in [-0.25, -0.2) is 9.59 Å². The average molecular weight is 495 g/mol. The fourth-order valence-corrected chi connectivity index (χ4v) is 3.31. The lowest BCUT2D eigenvalue weighted by Crippen LogP contribution is -2.23. The minimum Gasteiger partial charge on any atom is -0.478 e. The number of carbonyl (C=O) groups excluding carboxylic acids is 1. The monoisotopic (exact) mass is 494 g/mol. The van der Waals surface area contributed by atoms with Crippen molar-refractivity contribution in [2.45, 2.75) is 13.2 Å². The van der Waals surface area contributed by atoms with Gasteiger partial charge in [0.05, 0.1) is 17.2 Å². The molecule has 0 aliphatic heterocycles. The van der Waals surface area contributed by atoms with Gasteiger partial charge >= 0.3 is 12.1 Å². The summed E-state index contributed by atoms with van der Waals surface area (Å²) in [5, 5.41) is 21.1. The van der Waals surface area contributed by atoms with E-state index in [2.05, 4.69) is 5.32 Å². The number of nitrogens with one attached hydrogen (secondary N) is 1. The Morgan fingerprint density at radius 2 is 1.35 bits per heavy atom. The molecule has 0 atom stereocenters. The number of carboxylic acid groups (broad SMARTS) is 1. The van der Waals surface area contributed by atoms with Gasteiger partial charge in [0.2, 0.25) is 0 Å². The molecule has 0 saturated carbocycles. The van der Waals surface area contributed by atoms with Gasteiger partial charge in [-0.05, 0) is 59.7 Å². The lowest BCUT2D eigenvalue weighted by molar-refractivity contribution is 0.0696. The maximum Gasteiger partial charge on any atom is 0.407 e. The number of nitriles is 1. The Bertz CT molecular complexity index is 1410. The van der Waals surface area contributed by atoms with Crippen LogP contribution in [0.1, 0.15) is 27.0 Å². The van der Waals surface area contributed by atoms with Gasteiger partial charge in [-0.1, -0.05) is 42.5 Å². The molecule has 37 heavy (non-hydrogen) atoms. The highest BCUT2D eigenvalue weighted by Gasteiger charge is 2.11. The lowest BCUT2D eigenvalue weighted by Gasteiger charge is -2.12. The van der Waals surface area contributed by atoms with E-state index in [0.717, 1.165) is 11.1 Å². The highest BCUT2D eigenvalue weighted by atomic mass is 16.5. The first kappa shape index (κ1) is 24.8. The first-order valence-electron chi connectivity index (χ1n) is 11.3. The number of carboxylic acids is 1. The number of carbonyl (C=O) groups is 2. The smallest absolute Gasteiger partial charge is 0.407 e. The molecule has 0 heterocycles. The molecular weight excluding hydrogens is 472 g/mol. The first-order valence-corrected chi connectivity index (χ1v) is 11.3. The van der Waals surface area contributed by atoms with E-state index in [0.29, 0.717) is 17.1 Å². The second-order valence-corrected chi connectivity index (χ2v) is 7.90. The van der Waals surface area contributed by atoms with Gasteiger partial charge in [0.25, 0.3) is 0 Å². The van der Waals surface area contributed by atoms with E-state index >= 15 is 0 Å². The Hall–Kier alpha value is -5.29. The summed E-state index contributed by atoms with van der Waals surface area (Å²) in [6, 6.07) is 29.2. The van der Waals surface area contributed by atoms with Crippen molar-refractivity contribution in [2.75, 3.05) is 0 Å². The van der Waals surface area contributed by atoms with Crippen molar-refractivity contribution >= 4 is 12.1 Å². The Labute approximate surface area is 213 Å². The van der Waals surface area contributed by atoms with E-state index in [4.69, 9.17) is 19.5 Å². The standard InChI is InChI=1S/C29H22N2O6/c30-17-20-6-10-24(11-7-20)36-26-14-23(28(32)33)15-27(16-26)37-25-12-8-21(9-13-25)18-31-29(34)35-19-22-4-2-1-3-5-22/h1-16H,18-19H2,(H,31,34)(H,32,33). The van der Waals surface area contributed by atoms with Crippen molar-refractivity contribution in [3.05, 3.63) is 119 Å². The van der Waals surface area contributed by atoms with Crippen molar-refractivity contribution < 1.29 is 28.9 Å². The Kier molecular flexibility index (Phi) is 7.99. The maximum atomic E-state index is 11.9. The topological polar surface area (TPSA) is 118 Å². The van der Waals surface area contributed by atoms with Crippen LogP contribution in [-0.4, -0.2) is 17.2 Å². The van der Waals surface area contributed by atoms with E-state index in [-0.39, 0.29) is 30.2 Å². The second-order valence-electron chi connectivity index (χ2n) is 7.90. The van der Waals surface area contributed by atoms with Crippen LogP contribution in [-0.2, 0) is 17.9 Å². The minimum absolute atomic E-state index is 0.00372. The zero-order chi connectivity index (χ0) is 26.0. The lowest BCUT2D eigenvalue weighted by atomic mass is 10.2. The Morgan fingerprint density at radius 3 is 1.92 bits per heavy atom. The number of hydrogen-bond donors (Lipinski definition) is 2. The number of alkyl carbamates (subject to hydrolysis) is 1. The molecule has 4 rings (SSSR count). The summed E-state index contributed by atoms with van der Waals surface area (Å²) < 4.78 is 16.8. The molecule has 184 valence electrons. The molecular formula is C29H22N2O6. The molecule has 0 saturated heterocycles. The van der Waals surface area contributed by atoms with E-state index in [9.17, 15) is 14.7 Å². The van der Waals surface area contributed by atoms with E-state index in [1.54, 1.807) is 54.6 Å². The fraction of sp³-hybridized carbons (Fsp3) is 0.0690. The van der Waals surface area contributed by atoms with Gasteiger partial charge in [0.1, 0.15) is 29.6 Å². The summed E-state index contributed by atoms with van der Waals surface area (Å²) in [5.41, 5.74) is 2.21. The largest absolute Gasteiger partial charge is 0.478 e. The molecule has 0 spiro atoms. The Morgan fingerprint density at radius 1 is 0.757 bits per heavy atom. The first-order chi connectivity index (χ1) is 18.0. The summed E-state index contributed by atoms with van der Waals surface area (Å²) in [5.74, 6) is 0.345. The maximum absolute atomic E-state index is 11.9. The number of ether oxygens (including phenoxy) is 3. The molecule has 0 bridgehead atoms. The van der Waals surface area contributed by atoms with Crippen LogP contribution in [0.3, 0.4) is 0 Å². The molecule has 4 aromatic rings. The summed E-state index contributed by atoms with van der Waals surface area (Å²) in [6.45, 7) is 0.455. The molecule has 0 unspecified atom stereocenters. The summed E-state index contributed by atoms with van der Waals surface area (Å²) in [6.07, 6.45) is -0.524. The van der Waals surface area contributed by atoms with Crippen LogP contribution in [0.15, 0.2) is 97.1 Å². The quantitative estimate of drug-likeness (QED) is 0.282. The number of rotatable bonds is 9. The van der Waals surface area contributed by atoms with Crippen molar-refractivity contribution in [1.82, 2.24) is 5.32 Å². The van der Waals surface area contributed by atoms with Gasteiger partial charge in [0, 0.05) is 12.6 Å². The molecule has 1 amide bonds. The Balaban J connectivity index is 1.36. The van der Waals surface area contributed by atoms with Crippen LogP contribution in [0, 0.1) is 11.3 Å². The molecule has 0 fully saturated rings. The zero-order valence-electron chi connectivity index (χ0n) is 19.6. The van der Waals surface area contributed by atoms with E-state index in [1.807, 2.05) is 36.4 Å². The third-order valence-electron chi connectivity index (χ3n) is 5.15. The molecule has 0 radical (unpaired) electrons. The third-order valence-corrected chi connectivity index (χ3v) is 5.15. The molecule has 8 nitrogen and oxygen atoms in total. The van der Waals surface area contributed by atoms with Gasteiger partial charge in [-0.15, -0.1) is 0 Å². The average Bonchev–Trinajstić information content (AvgIpc) is 2.92. The summed E-state index contributed by atoms with van der Waals surface area (Å²) in [7, 11) is 0. The zero-order valence-corrected chi connectivity index (χ0v) is 19.6. The summed E-state index contributed by atoms with van der Waals surface area (Å²) in [4.78, 5) is 23.5. The van der Waals surface area contributed by atoms with Crippen molar-refractivity contribution in [3.63, 3.8) is 0 Å². The number of hydrogen-bond acceptors (Lipinski definition) is 6. The number of aromatic carboxylic acids is 1. The van der Waals surface area contributed by atoms with Crippen LogP contribution in [0.4, 0.5) is 4.79 Å². The van der Waals surface area contributed by atoms with Crippen LogP contribution in [0.5, 0.6) is 23.0 Å². The third kappa shape index (κ3) is 7.34. The highest BCUT2D eigenvalue weighted by Crippen LogP contribution is 2.30. The fourth-order valence-electron chi connectivity index (χ4n) is 3.31. The predicted octanol–water partition coefficient (Wildman–Crippen LogP) is 6.27. The van der Waals surface area contributed by atoms with Crippen molar-refractivity contribution in [3.8, 4) is 29.1 Å².